The van der Waals surface area contributed by atoms with Crippen LogP contribution in [-0.2, 0) is 19.4 Å². The van der Waals surface area contributed by atoms with Crippen LogP contribution in [0.3, 0.4) is 0 Å². The first-order valence-corrected chi connectivity index (χ1v) is 26.0. The van der Waals surface area contributed by atoms with E-state index in [4.69, 9.17) is 17.9 Å². The van der Waals surface area contributed by atoms with Gasteiger partial charge in [-0.25, -0.2) is 0 Å². The van der Waals surface area contributed by atoms with Crippen LogP contribution in [0.15, 0.2) is 237 Å². The van der Waals surface area contributed by atoms with E-state index in [1.54, 1.807) is 18.3 Å². The SMILES string of the molecule is [2H]C([2H])([2H])c1ccc(-n2[c](=[Pt])n(-c3c(-c4ccccc4)cccc3-c3ccccc3)c3ccccc32)cc1Oc1ccc2c3cc4c5cccc6c7ccccc7n(c4cc3n(-c3cc(C([2H])([2H])[2H])c(-c4ccccc4)cn3)c2c1)c65. The Balaban J connectivity index is 0.942. The molecule has 15 rings (SSSR count). The van der Waals surface area contributed by atoms with E-state index in [0.717, 1.165) is 97.3 Å². The maximum atomic E-state index is 8.83. The van der Waals surface area contributed by atoms with Crippen molar-refractivity contribution in [3.8, 4) is 62.1 Å². The van der Waals surface area contributed by atoms with Gasteiger partial charge >= 0.3 is 305 Å². The molecule has 5 aromatic heterocycles. The van der Waals surface area contributed by atoms with Gasteiger partial charge in [-0.1, -0.05) is 66.7 Å². The van der Waals surface area contributed by atoms with Gasteiger partial charge in [0, 0.05) is 37.4 Å². The molecule has 0 N–H and O–H groups in total. The van der Waals surface area contributed by atoms with Gasteiger partial charge in [0.2, 0.25) is 0 Å². The molecule has 0 spiro atoms. The number of hydrogen-bond donors (Lipinski definition) is 0. The summed E-state index contributed by atoms with van der Waals surface area (Å²) in [5, 5.41) is 6.35. The van der Waals surface area contributed by atoms with Crippen molar-refractivity contribution >= 4 is 70.9 Å². The van der Waals surface area contributed by atoms with Gasteiger partial charge < -0.3 is 4.40 Å². The Hall–Kier alpha value is -9.09. The quantitative estimate of drug-likeness (QED) is 0.152. The molecular weight excluding hydrogens is 1100 g/mol. The molecule has 0 bridgehead atoms. The van der Waals surface area contributed by atoms with Gasteiger partial charge in [-0.3, -0.25) is 0 Å². The zero-order chi connectivity index (χ0) is 54.9. The van der Waals surface area contributed by atoms with Crippen molar-refractivity contribution in [2.45, 2.75) is 13.7 Å². The van der Waals surface area contributed by atoms with E-state index in [0.29, 0.717) is 28.3 Å². The third-order valence-corrected chi connectivity index (χ3v) is 15.9. The topological polar surface area (TPSA) is 41.3 Å². The average molecular weight is 1150 g/mol. The summed E-state index contributed by atoms with van der Waals surface area (Å²) in [4.78, 5) is 5.08. The summed E-state index contributed by atoms with van der Waals surface area (Å²) in [5.41, 5.74) is 14.1. The first-order chi connectivity index (χ1) is 39.4. The summed E-state index contributed by atoms with van der Waals surface area (Å²) in [6.45, 7) is -5.03. The fourth-order valence-electron chi connectivity index (χ4n) is 11.6. The summed E-state index contributed by atoms with van der Waals surface area (Å²) in [6.07, 6.45) is 1.66. The van der Waals surface area contributed by atoms with Crippen LogP contribution in [-0.4, -0.2) is 23.1 Å². The van der Waals surface area contributed by atoms with Crippen molar-refractivity contribution in [1.82, 2.24) is 23.1 Å². The largest absolute Gasteiger partial charge is 0.0620 e. The molecule has 7 heteroatoms. The molecule has 0 atom stereocenters. The van der Waals surface area contributed by atoms with Crippen LogP contribution in [0.2, 0.25) is 0 Å². The fourth-order valence-corrected chi connectivity index (χ4v) is 12.7. The van der Waals surface area contributed by atoms with Crippen molar-refractivity contribution < 1.29 is 32.3 Å². The Morgan fingerprint density at radius 3 is 1.69 bits per heavy atom. The van der Waals surface area contributed by atoms with Crippen LogP contribution in [0.1, 0.15) is 19.4 Å². The maximum Gasteiger partial charge on any atom is 0.0620 e. The second-order valence-electron chi connectivity index (χ2n) is 19.0. The number of para-hydroxylation sites is 5. The van der Waals surface area contributed by atoms with Crippen LogP contribution in [0.5, 0.6) is 11.5 Å². The molecule has 0 amide bonds. The number of imidazole rings is 1. The molecule has 0 aliphatic heterocycles. The third-order valence-electron chi connectivity index (χ3n) is 14.9. The molecule has 0 aliphatic rings. The van der Waals surface area contributed by atoms with Crippen molar-refractivity contribution in [1.29, 1.82) is 0 Å². The van der Waals surface area contributed by atoms with E-state index in [1.165, 1.54) is 5.39 Å². The van der Waals surface area contributed by atoms with E-state index < -0.39 is 13.7 Å². The predicted octanol–water partition coefficient (Wildman–Crippen LogP) is 17.6. The number of aromatic nitrogens is 5. The molecule has 0 aliphatic carbocycles. The summed E-state index contributed by atoms with van der Waals surface area (Å²) >= 11 is 2.39. The fraction of sp³-hybridized carbons (Fsp3) is 0.0294. The molecule has 0 fully saturated rings. The molecule has 0 saturated heterocycles. The zero-order valence-electron chi connectivity index (χ0n) is 46.0. The van der Waals surface area contributed by atoms with Gasteiger partial charge in [-0.15, -0.1) is 0 Å². The third kappa shape index (κ3) is 6.69. The molecule has 0 unspecified atom stereocenters. The average Bonchev–Trinajstić information content (AvgIpc) is 3.72. The zero-order valence-corrected chi connectivity index (χ0v) is 42.2. The van der Waals surface area contributed by atoms with Crippen molar-refractivity contribution in [2.75, 3.05) is 0 Å². The second-order valence-corrected chi connectivity index (χ2v) is 20.0. The van der Waals surface area contributed by atoms with Crippen LogP contribution < -0.4 is 4.74 Å². The molecule has 0 saturated carbocycles. The Bertz CT molecular complexity index is 5020. The van der Waals surface area contributed by atoms with E-state index in [-0.39, 0.29) is 16.9 Å². The summed E-state index contributed by atoms with van der Waals surface area (Å²) in [6, 6.07) is 77.1. The predicted molar refractivity (Wildman–Crippen MR) is 305 cm³/mol. The minimum Gasteiger partial charge on any atom is 0.0620 e. The number of benzene rings is 10. The first-order valence-electron chi connectivity index (χ1n) is 27.9. The molecule has 358 valence electrons. The van der Waals surface area contributed by atoms with Gasteiger partial charge in [0.25, 0.3) is 0 Å². The molecular formula is C68H45N5OPt. The first kappa shape index (κ1) is 37.6. The van der Waals surface area contributed by atoms with E-state index in [2.05, 4.69) is 166 Å². The molecule has 5 heterocycles. The van der Waals surface area contributed by atoms with Crippen molar-refractivity contribution in [3.63, 3.8) is 0 Å². The number of rotatable bonds is 8. The normalized spacial score (nSPS) is 13.5. The monoisotopic (exact) mass is 1150 g/mol. The number of nitrogens with zero attached hydrogens (tertiary/aromatic N) is 5. The van der Waals surface area contributed by atoms with Crippen LogP contribution in [0.4, 0.5) is 0 Å². The van der Waals surface area contributed by atoms with Crippen LogP contribution in [0.25, 0.3) is 122 Å². The Kier molecular flexibility index (Phi) is 8.52. The number of pyridine rings is 1. The number of fused-ring (bicyclic) bond motifs is 10. The number of aryl methyl sites for hydroxylation is 2. The molecule has 10 aromatic carbocycles. The summed E-state index contributed by atoms with van der Waals surface area (Å²) in [5.74, 6) is 0.959. The van der Waals surface area contributed by atoms with Gasteiger partial charge in [0.1, 0.15) is 0 Å². The molecule has 15 aromatic rings. The number of hydrogen-bond acceptors (Lipinski definition) is 2. The van der Waals surface area contributed by atoms with Gasteiger partial charge in [0.15, 0.2) is 0 Å². The smallest absolute Gasteiger partial charge is 0.0620 e. The van der Waals surface area contributed by atoms with Gasteiger partial charge in [0.05, 0.1) is 16.6 Å². The van der Waals surface area contributed by atoms with Crippen LogP contribution in [0, 0.1) is 17.5 Å². The Labute approximate surface area is 451 Å². The standard InChI is InChI=1S/C68H45N5O.Pt/c1-43-32-33-48(70-42-71(61-31-15-14-30-60(61)70)67-50(45-18-6-3-7-19-45)25-16-26-51(67)46-20-8-4-9-21-46)37-65(43)74-49-34-35-53-56-39-57-55-28-17-27-54-52-24-12-13-29-59(52)73(68(54)55)64(57)40-63(56)72(62(53)38-49)66-36-44(2)58(41-69-66)47-22-10-5-11-23-47;/h3-41H,1-2H3;/i1D3,2D3;. The van der Waals surface area contributed by atoms with Crippen molar-refractivity contribution in [3.05, 3.63) is 252 Å². The maximum absolute atomic E-state index is 8.83. The summed E-state index contributed by atoms with van der Waals surface area (Å²) in [7, 11) is 0. The van der Waals surface area contributed by atoms with Gasteiger partial charge in [-0.2, -0.15) is 0 Å². The second kappa shape index (κ2) is 17.0. The van der Waals surface area contributed by atoms with E-state index in [1.807, 2.05) is 89.5 Å². The molecule has 0 radical (unpaired) electrons. The minimum atomic E-state index is -2.54. The van der Waals surface area contributed by atoms with Crippen LogP contribution >= 0.6 is 0 Å². The van der Waals surface area contributed by atoms with Gasteiger partial charge in [-0.05, 0) is 24.0 Å². The molecule has 6 nitrogen and oxygen atoms in total. The molecule has 75 heavy (non-hydrogen) atoms. The van der Waals surface area contributed by atoms with E-state index >= 15 is 0 Å². The number of ether oxygens (including phenoxy) is 1. The van der Waals surface area contributed by atoms with Crippen molar-refractivity contribution in [2.24, 2.45) is 0 Å². The minimum absolute atomic E-state index is 0.0491. The Morgan fingerprint density at radius 1 is 0.413 bits per heavy atom. The summed E-state index contributed by atoms with van der Waals surface area (Å²) < 4.78 is 69.6. The Morgan fingerprint density at radius 2 is 0.987 bits per heavy atom. The van der Waals surface area contributed by atoms with E-state index in [9.17, 15) is 0 Å².